The molecule has 9 nitrogen and oxygen atoms in total. The fourth-order valence-corrected chi connectivity index (χ4v) is 10.7. The largest absolute Gasteiger partial charge is 0.756 e. The molecule has 0 aliphatic heterocycles. The first-order valence-corrected chi connectivity index (χ1v) is 34.6. The maximum absolute atomic E-state index is 13.5. The molecule has 3 atom stereocenters. The van der Waals surface area contributed by atoms with Crippen molar-refractivity contribution in [2.75, 3.05) is 40.9 Å². The number of ether oxygens (including phenoxy) is 1. The molecule has 0 heterocycles. The van der Waals surface area contributed by atoms with Crippen LogP contribution in [0.3, 0.4) is 0 Å². The van der Waals surface area contributed by atoms with E-state index in [9.17, 15) is 19.0 Å². The molecule has 0 radical (unpaired) electrons. The van der Waals surface area contributed by atoms with Gasteiger partial charge in [-0.15, -0.1) is 0 Å². The summed E-state index contributed by atoms with van der Waals surface area (Å²) in [5.41, 5.74) is 0. The van der Waals surface area contributed by atoms with Crippen molar-refractivity contribution in [2.24, 2.45) is 0 Å². The molecule has 0 fully saturated rings. The number of hydrogen-bond donors (Lipinski definition) is 1. The Morgan fingerprint density at radius 3 is 1.13 bits per heavy atom. The first kappa shape index (κ1) is 74.5. The fraction of sp³-hybridized carbons (Fsp3) is 0.909. The van der Waals surface area contributed by atoms with Gasteiger partial charge in [-0.1, -0.05) is 289 Å². The number of nitrogens with one attached hydrogen (secondary N) is 1. The molecule has 0 saturated carbocycles. The topological polar surface area (TPSA) is 114 Å². The Morgan fingerprint density at radius 1 is 0.447 bits per heavy atom. The second kappa shape index (κ2) is 56.8. The number of carbonyl (C=O) groups excluding carboxylic acids is 2. The average molecular weight is 1090 g/mol. The summed E-state index contributed by atoms with van der Waals surface area (Å²) in [6.07, 6.45) is 67.3. The number of quaternary nitrogens is 1. The normalized spacial score (nSPS) is 13.7. The molecule has 0 rings (SSSR count). The van der Waals surface area contributed by atoms with Gasteiger partial charge < -0.3 is 28.5 Å². The highest BCUT2D eigenvalue weighted by Gasteiger charge is 2.27. The van der Waals surface area contributed by atoms with Crippen LogP contribution < -0.4 is 10.2 Å². The Morgan fingerprint density at radius 2 is 0.763 bits per heavy atom. The van der Waals surface area contributed by atoms with E-state index in [2.05, 4.69) is 38.2 Å². The van der Waals surface area contributed by atoms with Crippen molar-refractivity contribution in [3.05, 3.63) is 24.3 Å². The van der Waals surface area contributed by atoms with E-state index in [1.54, 1.807) is 0 Å². The number of phosphoric acid groups is 1. The van der Waals surface area contributed by atoms with Crippen molar-refractivity contribution >= 4 is 19.7 Å². The summed E-state index contributed by atoms with van der Waals surface area (Å²) < 4.78 is 30.3. The molecular formula is C66H129N2O7P. The van der Waals surface area contributed by atoms with E-state index in [1.807, 2.05) is 33.3 Å². The second-order valence-corrected chi connectivity index (χ2v) is 25.4. The third-order valence-corrected chi connectivity index (χ3v) is 16.1. The molecule has 0 bridgehead atoms. The highest BCUT2D eigenvalue weighted by molar-refractivity contribution is 7.45. The number of phosphoric ester groups is 1. The number of rotatable bonds is 61. The number of hydrogen-bond acceptors (Lipinski definition) is 7. The van der Waals surface area contributed by atoms with E-state index in [0.29, 0.717) is 23.9 Å². The summed E-state index contributed by atoms with van der Waals surface area (Å²) in [5.74, 6) is -0.542. The predicted octanol–water partition coefficient (Wildman–Crippen LogP) is 19.9. The van der Waals surface area contributed by atoms with Gasteiger partial charge in [0, 0.05) is 12.8 Å². The molecule has 1 N–H and O–H groups in total. The van der Waals surface area contributed by atoms with Crippen molar-refractivity contribution in [1.82, 2.24) is 5.32 Å². The van der Waals surface area contributed by atoms with Crippen LogP contribution in [0.4, 0.5) is 0 Å². The second-order valence-electron chi connectivity index (χ2n) is 24.0. The van der Waals surface area contributed by atoms with Crippen LogP contribution in [0, 0.1) is 0 Å². The number of unbranched alkanes of at least 4 members (excludes halogenated alkanes) is 43. The Bertz CT molecular complexity index is 1350. The molecule has 1 amide bonds. The first-order valence-electron chi connectivity index (χ1n) is 33.1. The first-order chi connectivity index (χ1) is 36.9. The van der Waals surface area contributed by atoms with Crippen LogP contribution >= 0.6 is 7.82 Å². The van der Waals surface area contributed by atoms with Crippen molar-refractivity contribution in [2.45, 2.75) is 348 Å². The van der Waals surface area contributed by atoms with Gasteiger partial charge in [0.15, 0.2) is 0 Å². The Kier molecular flexibility index (Phi) is 55.6. The van der Waals surface area contributed by atoms with Gasteiger partial charge in [0.2, 0.25) is 5.91 Å². The summed E-state index contributed by atoms with van der Waals surface area (Å²) in [6, 6.07) is -0.888. The highest BCUT2D eigenvalue weighted by Crippen LogP contribution is 2.38. The molecule has 0 aromatic heterocycles. The third-order valence-electron chi connectivity index (χ3n) is 15.1. The molecule has 76 heavy (non-hydrogen) atoms. The van der Waals surface area contributed by atoms with E-state index in [0.717, 1.165) is 64.2 Å². The van der Waals surface area contributed by atoms with Crippen LogP contribution in [0.15, 0.2) is 24.3 Å². The van der Waals surface area contributed by atoms with Crippen molar-refractivity contribution in [3.8, 4) is 0 Å². The summed E-state index contributed by atoms with van der Waals surface area (Å²) in [7, 11) is 1.19. The number of amides is 1. The van der Waals surface area contributed by atoms with Gasteiger partial charge in [-0.3, -0.25) is 14.2 Å². The molecule has 3 unspecified atom stereocenters. The monoisotopic (exact) mass is 1090 g/mol. The molecule has 0 aliphatic rings. The third kappa shape index (κ3) is 57.2. The standard InChI is InChI=1S/C66H129N2O7P/c1-7-10-13-16-19-22-25-28-29-30-31-32-33-34-35-36-37-38-39-41-43-46-49-52-55-58-65(69)67-63(62-74-76(71,72)73-61-60-68(4,5)6)64(57-54-51-48-45-42-27-24-21-18-15-12-9-3)75-66(70)59-56-53-50-47-44-40-26-23-20-17-14-11-8-2/h40,44,54,57,63-64H,7-39,41-43,45-53,55-56,58-62H2,1-6H3,(H-,67,69,71,72)/b44-40-,57-54-. The molecular weight excluding hydrogens is 964 g/mol. The van der Waals surface area contributed by atoms with Crippen LogP contribution in [0.2, 0.25) is 0 Å². The van der Waals surface area contributed by atoms with Gasteiger partial charge in [0.1, 0.15) is 19.3 Å². The fourth-order valence-electron chi connectivity index (χ4n) is 9.99. The van der Waals surface area contributed by atoms with Crippen LogP contribution in [0.25, 0.3) is 0 Å². The lowest BCUT2D eigenvalue weighted by Gasteiger charge is -2.30. The maximum atomic E-state index is 13.5. The molecule has 0 saturated heterocycles. The van der Waals surface area contributed by atoms with Crippen LogP contribution in [0.1, 0.15) is 335 Å². The average Bonchev–Trinajstić information content (AvgIpc) is 3.38. The minimum atomic E-state index is -4.70. The summed E-state index contributed by atoms with van der Waals surface area (Å²) >= 11 is 0. The highest BCUT2D eigenvalue weighted by atomic mass is 31.2. The number of nitrogens with zero attached hydrogens (tertiary/aromatic N) is 1. The SMILES string of the molecule is CCCCCCCC/C=C\CCCCCC(=O)OC(/C=C\CCCCCCCCCCCC)C(COP(=O)([O-])OCC[N+](C)(C)C)NC(=O)CCCCCCCCCCCCCCCCCCCCCCCCCCC. The Labute approximate surface area is 473 Å². The number of allylic oxidation sites excluding steroid dienone is 3. The zero-order valence-electron chi connectivity index (χ0n) is 51.5. The summed E-state index contributed by atoms with van der Waals surface area (Å²) in [6.45, 7) is 6.87. The maximum Gasteiger partial charge on any atom is 0.306 e. The van der Waals surface area contributed by atoms with Crippen molar-refractivity contribution < 1.29 is 37.3 Å². The minimum Gasteiger partial charge on any atom is -0.756 e. The van der Waals surface area contributed by atoms with Crippen LogP contribution in [0.5, 0.6) is 0 Å². The van der Waals surface area contributed by atoms with Gasteiger partial charge in [-0.25, -0.2) is 0 Å². The van der Waals surface area contributed by atoms with Crippen molar-refractivity contribution in [1.29, 1.82) is 0 Å². The predicted molar refractivity (Wildman–Crippen MR) is 326 cm³/mol. The molecule has 450 valence electrons. The Hall–Kier alpha value is -1.51. The smallest absolute Gasteiger partial charge is 0.306 e. The van der Waals surface area contributed by atoms with Gasteiger partial charge in [-0.2, -0.15) is 0 Å². The lowest BCUT2D eigenvalue weighted by Crippen LogP contribution is -2.47. The number of esters is 1. The van der Waals surface area contributed by atoms with E-state index >= 15 is 0 Å². The summed E-state index contributed by atoms with van der Waals surface area (Å²) in [5, 5.41) is 3.04. The van der Waals surface area contributed by atoms with Gasteiger partial charge in [0.25, 0.3) is 7.82 Å². The van der Waals surface area contributed by atoms with Crippen LogP contribution in [-0.4, -0.2) is 69.4 Å². The quantitative estimate of drug-likeness (QED) is 0.0212. The van der Waals surface area contributed by atoms with E-state index in [1.165, 1.54) is 231 Å². The lowest BCUT2D eigenvalue weighted by molar-refractivity contribution is -0.870. The minimum absolute atomic E-state index is 0.0209. The lowest BCUT2D eigenvalue weighted by atomic mass is 10.0. The number of likely N-dealkylation sites (N-methyl/N-ethyl adjacent to an activating group) is 1. The molecule has 10 heteroatoms. The summed E-state index contributed by atoms with van der Waals surface area (Å²) in [4.78, 5) is 40.0. The van der Waals surface area contributed by atoms with E-state index < -0.39 is 20.0 Å². The van der Waals surface area contributed by atoms with Crippen molar-refractivity contribution in [3.63, 3.8) is 0 Å². The molecule has 0 aromatic carbocycles. The molecule has 0 aliphatic carbocycles. The zero-order valence-corrected chi connectivity index (χ0v) is 52.4. The zero-order chi connectivity index (χ0) is 55.7. The van der Waals surface area contributed by atoms with Gasteiger partial charge in [-0.05, 0) is 57.4 Å². The van der Waals surface area contributed by atoms with Gasteiger partial charge >= 0.3 is 5.97 Å². The Balaban J connectivity index is 5.02. The van der Waals surface area contributed by atoms with E-state index in [-0.39, 0.29) is 31.5 Å². The van der Waals surface area contributed by atoms with E-state index in [4.69, 9.17) is 13.8 Å². The van der Waals surface area contributed by atoms with Gasteiger partial charge in [0.05, 0.1) is 33.8 Å². The molecule has 0 spiro atoms. The van der Waals surface area contributed by atoms with Crippen LogP contribution in [-0.2, 0) is 27.9 Å². The molecule has 0 aromatic rings. The number of carbonyl (C=O) groups is 2.